The molecular formula is C17H14N4OS2. The fraction of sp³-hybridized carbons (Fsp3) is 0.176. The maximum Gasteiger partial charge on any atom is 0.264 e. The summed E-state index contributed by atoms with van der Waals surface area (Å²) in [4.78, 5) is 5.90. The van der Waals surface area contributed by atoms with Crippen LogP contribution < -0.4 is 4.74 Å². The summed E-state index contributed by atoms with van der Waals surface area (Å²) in [6, 6.07) is 9.47. The van der Waals surface area contributed by atoms with Gasteiger partial charge in [0.1, 0.15) is 17.5 Å². The van der Waals surface area contributed by atoms with Crippen LogP contribution in [0.4, 0.5) is 0 Å². The number of benzene rings is 1. The molecule has 0 N–H and O–H groups in total. The van der Waals surface area contributed by atoms with Gasteiger partial charge in [0, 0.05) is 36.8 Å². The van der Waals surface area contributed by atoms with Gasteiger partial charge < -0.3 is 9.64 Å². The highest BCUT2D eigenvalue weighted by atomic mass is 32.1. The van der Waals surface area contributed by atoms with Crippen LogP contribution in [-0.4, -0.2) is 33.5 Å². The van der Waals surface area contributed by atoms with E-state index in [4.69, 9.17) is 22.2 Å². The predicted octanol–water partition coefficient (Wildman–Crippen LogP) is 3.76. The van der Waals surface area contributed by atoms with E-state index in [9.17, 15) is 0 Å². The lowest BCUT2D eigenvalue weighted by atomic mass is 10.0. The zero-order valence-electron chi connectivity index (χ0n) is 13.4. The van der Waals surface area contributed by atoms with Gasteiger partial charge in [-0.2, -0.15) is 9.64 Å². The summed E-state index contributed by atoms with van der Waals surface area (Å²) in [5.41, 5.74) is 3.09. The highest BCUT2D eigenvalue weighted by Crippen LogP contribution is 2.40. The topological polar surface area (TPSA) is 62.0 Å². The van der Waals surface area contributed by atoms with Crippen LogP contribution in [0.2, 0.25) is 0 Å². The molecule has 3 rings (SSSR count). The van der Waals surface area contributed by atoms with E-state index in [-0.39, 0.29) is 0 Å². The normalized spacial score (nSPS) is 10.4. The monoisotopic (exact) mass is 354 g/mol. The molecule has 0 bridgehead atoms. The minimum Gasteiger partial charge on any atom is -0.431 e. The van der Waals surface area contributed by atoms with E-state index in [1.54, 1.807) is 17.2 Å². The Morgan fingerprint density at radius 2 is 2.08 bits per heavy atom. The van der Waals surface area contributed by atoms with Crippen LogP contribution in [0.5, 0.6) is 5.75 Å². The Labute approximate surface area is 149 Å². The highest BCUT2D eigenvalue weighted by molar-refractivity contribution is 7.80. The number of nitrogens with zero attached hydrogens (tertiary/aromatic N) is 4. The van der Waals surface area contributed by atoms with Crippen molar-refractivity contribution in [2.45, 2.75) is 6.92 Å². The second-order valence-corrected chi connectivity index (χ2v) is 6.51. The molecule has 0 fully saturated rings. The Bertz CT molecular complexity index is 955. The smallest absolute Gasteiger partial charge is 0.264 e. The lowest BCUT2D eigenvalue weighted by Crippen LogP contribution is -2.25. The zero-order chi connectivity index (χ0) is 17.3. The fourth-order valence-electron chi connectivity index (χ4n) is 2.26. The van der Waals surface area contributed by atoms with Crippen LogP contribution in [0.1, 0.15) is 11.4 Å². The highest BCUT2D eigenvalue weighted by Gasteiger charge is 2.17. The summed E-state index contributed by atoms with van der Waals surface area (Å²) in [6.45, 7) is 1.98. The molecule has 5 nitrogen and oxygen atoms in total. The van der Waals surface area contributed by atoms with Crippen molar-refractivity contribution in [2.24, 2.45) is 0 Å². The summed E-state index contributed by atoms with van der Waals surface area (Å²) in [5, 5.41) is 10.4. The van der Waals surface area contributed by atoms with E-state index < -0.39 is 0 Å². The third kappa shape index (κ3) is 2.94. The lowest BCUT2D eigenvalue weighted by Gasteiger charge is -2.17. The molecule has 0 spiro atoms. The molecule has 2 aromatic heterocycles. The molecule has 7 heteroatoms. The first-order chi connectivity index (χ1) is 11.5. The first-order valence-corrected chi connectivity index (χ1v) is 8.34. The summed E-state index contributed by atoms with van der Waals surface area (Å²) in [7, 11) is 3.67. The van der Waals surface area contributed by atoms with E-state index in [2.05, 4.69) is 9.36 Å². The number of thiocarbonyl (C=S) groups is 1. The van der Waals surface area contributed by atoms with E-state index in [0.717, 1.165) is 26.9 Å². The molecule has 0 saturated carbocycles. The SMILES string of the molecule is Cc1nsc2c(-c3ccc(C#N)nc3)c(OC(=S)N(C)C)ccc12. The molecule has 0 unspecified atom stereocenters. The van der Waals surface area contributed by atoms with Gasteiger partial charge in [-0.25, -0.2) is 4.98 Å². The van der Waals surface area contributed by atoms with Crippen molar-refractivity contribution in [3.05, 3.63) is 41.9 Å². The van der Waals surface area contributed by atoms with Crippen molar-refractivity contribution in [2.75, 3.05) is 14.1 Å². The molecular weight excluding hydrogens is 340 g/mol. The zero-order valence-corrected chi connectivity index (χ0v) is 15.0. The van der Waals surface area contributed by atoms with Gasteiger partial charge in [0.05, 0.1) is 10.4 Å². The second kappa shape index (κ2) is 6.51. The number of ether oxygens (including phenoxy) is 1. The average Bonchev–Trinajstić information content (AvgIpc) is 2.96. The van der Waals surface area contributed by atoms with E-state index in [1.165, 1.54) is 11.5 Å². The summed E-state index contributed by atoms with van der Waals surface area (Å²) in [5.74, 6) is 0.649. The maximum atomic E-state index is 8.94. The molecule has 0 atom stereocenters. The Morgan fingerprint density at radius 3 is 2.71 bits per heavy atom. The van der Waals surface area contributed by atoms with Crippen LogP contribution in [0, 0.1) is 18.3 Å². The van der Waals surface area contributed by atoms with Gasteiger partial charge in [-0.05, 0) is 54.9 Å². The van der Waals surface area contributed by atoms with Crippen molar-refractivity contribution in [1.82, 2.24) is 14.3 Å². The number of rotatable bonds is 2. The van der Waals surface area contributed by atoms with Crippen LogP contribution in [0.3, 0.4) is 0 Å². The molecule has 0 aliphatic rings. The number of hydrogen-bond acceptors (Lipinski definition) is 6. The standard InChI is InChI=1S/C17H14N4OS2/c1-10-13-6-7-14(22-17(23)21(2)3)15(16(13)24-20-10)11-4-5-12(8-18)19-9-11/h4-7,9H,1-3H3. The molecule has 0 aliphatic heterocycles. The van der Waals surface area contributed by atoms with Crippen molar-refractivity contribution < 1.29 is 4.74 Å². The molecule has 2 heterocycles. The summed E-state index contributed by atoms with van der Waals surface area (Å²) < 4.78 is 11.3. The third-order valence-electron chi connectivity index (χ3n) is 3.51. The third-order valence-corrected chi connectivity index (χ3v) is 4.93. The second-order valence-electron chi connectivity index (χ2n) is 5.39. The molecule has 0 saturated heterocycles. The average molecular weight is 354 g/mol. The number of aryl methyl sites for hydroxylation is 1. The Kier molecular flexibility index (Phi) is 4.42. The Balaban J connectivity index is 2.20. The first kappa shape index (κ1) is 16.3. The molecule has 24 heavy (non-hydrogen) atoms. The molecule has 0 aliphatic carbocycles. The number of nitriles is 1. The van der Waals surface area contributed by atoms with Crippen molar-refractivity contribution in [3.63, 3.8) is 0 Å². The number of aromatic nitrogens is 2. The van der Waals surface area contributed by atoms with E-state index >= 15 is 0 Å². The minimum absolute atomic E-state index is 0.373. The van der Waals surface area contributed by atoms with Gasteiger partial charge >= 0.3 is 0 Å². The largest absolute Gasteiger partial charge is 0.431 e. The molecule has 3 aromatic rings. The van der Waals surface area contributed by atoms with Crippen LogP contribution in [0.15, 0.2) is 30.5 Å². The van der Waals surface area contributed by atoms with Crippen molar-refractivity contribution >= 4 is 39.0 Å². The summed E-state index contributed by atoms with van der Waals surface area (Å²) in [6.07, 6.45) is 1.67. The van der Waals surface area contributed by atoms with Gasteiger partial charge in [0.25, 0.3) is 5.17 Å². The molecule has 0 radical (unpaired) electrons. The number of pyridine rings is 1. The first-order valence-electron chi connectivity index (χ1n) is 7.16. The Morgan fingerprint density at radius 1 is 1.29 bits per heavy atom. The number of hydrogen-bond donors (Lipinski definition) is 0. The van der Waals surface area contributed by atoms with Crippen LogP contribution in [-0.2, 0) is 0 Å². The quantitative estimate of drug-likeness (QED) is 0.653. The molecule has 120 valence electrons. The van der Waals surface area contributed by atoms with Gasteiger partial charge in [-0.3, -0.25) is 0 Å². The molecule has 0 amide bonds. The summed E-state index contributed by atoms with van der Waals surface area (Å²) >= 11 is 6.69. The van der Waals surface area contributed by atoms with Crippen LogP contribution in [0.25, 0.3) is 21.2 Å². The lowest BCUT2D eigenvalue weighted by molar-refractivity contribution is 0.451. The van der Waals surface area contributed by atoms with Crippen LogP contribution >= 0.6 is 23.8 Å². The predicted molar refractivity (Wildman–Crippen MR) is 99.2 cm³/mol. The van der Waals surface area contributed by atoms with Crippen molar-refractivity contribution in [1.29, 1.82) is 5.26 Å². The molecule has 1 aromatic carbocycles. The van der Waals surface area contributed by atoms with Gasteiger partial charge in [-0.15, -0.1) is 0 Å². The fourth-order valence-corrected chi connectivity index (χ4v) is 3.30. The van der Waals surface area contributed by atoms with Gasteiger partial charge in [0.2, 0.25) is 0 Å². The van der Waals surface area contributed by atoms with E-state index in [0.29, 0.717) is 16.6 Å². The van der Waals surface area contributed by atoms with E-state index in [1.807, 2.05) is 45.3 Å². The minimum atomic E-state index is 0.373. The number of fused-ring (bicyclic) bond motifs is 1. The van der Waals surface area contributed by atoms with Crippen molar-refractivity contribution in [3.8, 4) is 22.9 Å². The maximum absolute atomic E-state index is 8.94. The van der Waals surface area contributed by atoms with Gasteiger partial charge in [0.15, 0.2) is 0 Å². The Hall–Kier alpha value is -2.56. The van der Waals surface area contributed by atoms with Gasteiger partial charge in [-0.1, -0.05) is 0 Å².